The van der Waals surface area contributed by atoms with E-state index in [0.717, 1.165) is 15.6 Å². The zero-order chi connectivity index (χ0) is 11.7. The van der Waals surface area contributed by atoms with Gasteiger partial charge in [0, 0.05) is 6.20 Å². The summed E-state index contributed by atoms with van der Waals surface area (Å²) in [4.78, 5) is 6.63. The molecular weight excluding hydrogens is 234 g/mol. The first-order valence-corrected chi connectivity index (χ1v) is 5.93. The Balaban J connectivity index is 1.99. The van der Waals surface area contributed by atoms with Crippen LogP contribution in [0.5, 0.6) is 0 Å². The minimum Gasteiger partial charge on any atom is -0.249 e. The summed E-state index contributed by atoms with van der Waals surface area (Å²) in [5.74, 6) is 0.611. The summed E-state index contributed by atoms with van der Waals surface area (Å²) in [5, 5.41) is 13.4. The van der Waals surface area contributed by atoms with Crippen LogP contribution in [0.2, 0.25) is 0 Å². The molecule has 1 aromatic carbocycles. The standard InChI is InChI=1S/C11H9N5S/c1-8-12-7-10(17-8)11-13-15-16(14-11)9-5-3-2-4-6-9/h2-7H,1H3. The van der Waals surface area contributed by atoms with Crippen LogP contribution in [0.25, 0.3) is 16.4 Å². The normalized spacial score (nSPS) is 10.6. The molecule has 0 saturated carbocycles. The molecule has 0 N–H and O–H groups in total. The van der Waals surface area contributed by atoms with Crippen LogP contribution in [0.3, 0.4) is 0 Å². The van der Waals surface area contributed by atoms with E-state index in [4.69, 9.17) is 0 Å². The molecule has 0 radical (unpaired) electrons. The highest BCUT2D eigenvalue weighted by molar-refractivity contribution is 7.14. The second-order valence-electron chi connectivity index (χ2n) is 3.48. The smallest absolute Gasteiger partial charge is 0.216 e. The molecule has 2 aromatic heterocycles. The van der Waals surface area contributed by atoms with Gasteiger partial charge in [-0.15, -0.1) is 26.3 Å². The average molecular weight is 243 g/mol. The number of aromatic nitrogens is 5. The lowest BCUT2D eigenvalue weighted by molar-refractivity contribution is 0.720. The van der Waals surface area contributed by atoms with E-state index in [0.29, 0.717) is 5.82 Å². The topological polar surface area (TPSA) is 56.5 Å². The first kappa shape index (κ1) is 10.1. The number of benzene rings is 1. The highest BCUT2D eigenvalue weighted by atomic mass is 32.1. The second kappa shape index (κ2) is 4.06. The molecule has 17 heavy (non-hydrogen) atoms. The third-order valence-electron chi connectivity index (χ3n) is 2.24. The van der Waals surface area contributed by atoms with Crippen molar-refractivity contribution in [3.8, 4) is 16.4 Å². The lowest BCUT2D eigenvalue weighted by Gasteiger charge is -1.94. The molecule has 2 heterocycles. The Morgan fingerprint density at radius 1 is 1.18 bits per heavy atom. The summed E-state index contributed by atoms with van der Waals surface area (Å²) in [5.41, 5.74) is 0.896. The van der Waals surface area contributed by atoms with Gasteiger partial charge in [0.25, 0.3) is 0 Å². The van der Waals surface area contributed by atoms with Crippen molar-refractivity contribution < 1.29 is 0 Å². The molecule has 0 bridgehead atoms. The van der Waals surface area contributed by atoms with Crippen LogP contribution in [-0.4, -0.2) is 25.2 Å². The number of hydrogen-bond acceptors (Lipinski definition) is 5. The molecule has 0 fully saturated rings. The summed E-state index contributed by atoms with van der Waals surface area (Å²) < 4.78 is 0. The largest absolute Gasteiger partial charge is 0.249 e. The van der Waals surface area contributed by atoms with Crippen LogP contribution in [0.4, 0.5) is 0 Å². The quantitative estimate of drug-likeness (QED) is 0.691. The van der Waals surface area contributed by atoms with Gasteiger partial charge in [-0.1, -0.05) is 18.2 Å². The van der Waals surface area contributed by atoms with Crippen LogP contribution in [0.15, 0.2) is 36.5 Å². The Hall–Kier alpha value is -2.08. The summed E-state index contributed by atoms with van der Waals surface area (Å²) in [6.45, 7) is 1.95. The first-order valence-electron chi connectivity index (χ1n) is 5.11. The average Bonchev–Trinajstić information content (AvgIpc) is 2.98. The third kappa shape index (κ3) is 1.94. The molecule has 0 saturated heterocycles. The zero-order valence-electron chi connectivity index (χ0n) is 9.11. The van der Waals surface area contributed by atoms with Crippen LogP contribution in [0.1, 0.15) is 5.01 Å². The van der Waals surface area contributed by atoms with Crippen molar-refractivity contribution in [3.05, 3.63) is 41.5 Å². The van der Waals surface area contributed by atoms with Crippen molar-refractivity contribution in [3.63, 3.8) is 0 Å². The molecule has 5 nitrogen and oxygen atoms in total. The van der Waals surface area contributed by atoms with E-state index in [2.05, 4.69) is 20.4 Å². The van der Waals surface area contributed by atoms with E-state index >= 15 is 0 Å². The van der Waals surface area contributed by atoms with E-state index in [-0.39, 0.29) is 0 Å². The maximum atomic E-state index is 4.33. The van der Waals surface area contributed by atoms with Crippen LogP contribution in [0, 0.1) is 6.92 Å². The zero-order valence-corrected chi connectivity index (χ0v) is 9.92. The summed E-state index contributed by atoms with van der Waals surface area (Å²) in [6.07, 6.45) is 1.77. The maximum absolute atomic E-state index is 4.33. The molecule has 0 aliphatic rings. The summed E-state index contributed by atoms with van der Waals surface area (Å²) in [6, 6.07) is 9.70. The first-order chi connectivity index (χ1) is 8.33. The molecule has 84 valence electrons. The van der Waals surface area contributed by atoms with Crippen LogP contribution < -0.4 is 0 Å². The lowest BCUT2D eigenvalue weighted by Crippen LogP contribution is -1.97. The van der Waals surface area contributed by atoms with Crippen molar-refractivity contribution >= 4 is 11.3 Å². The molecular formula is C11H9N5S. The summed E-state index contributed by atoms with van der Waals surface area (Å²) >= 11 is 1.56. The number of tetrazole rings is 1. The van der Waals surface area contributed by atoms with Gasteiger partial charge in [-0.05, 0) is 24.3 Å². The molecule has 3 rings (SSSR count). The van der Waals surface area contributed by atoms with Gasteiger partial charge in [0.05, 0.1) is 15.6 Å². The maximum Gasteiger partial charge on any atom is 0.216 e. The van der Waals surface area contributed by atoms with Crippen molar-refractivity contribution in [2.24, 2.45) is 0 Å². The van der Waals surface area contributed by atoms with Gasteiger partial charge in [-0.25, -0.2) is 4.98 Å². The third-order valence-corrected chi connectivity index (χ3v) is 3.15. The molecule has 0 atom stereocenters. The van der Waals surface area contributed by atoms with E-state index in [1.165, 1.54) is 4.80 Å². The Kier molecular flexibility index (Phi) is 2.41. The van der Waals surface area contributed by atoms with Gasteiger partial charge < -0.3 is 0 Å². The molecule has 3 aromatic rings. The molecule has 6 heteroatoms. The van der Waals surface area contributed by atoms with Crippen molar-refractivity contribution in [2.45, 2.75) is 6.92 Å². The Bertz CT molecular complexity index is 628. The minimum atomic E-state index is 0.611. The van der Waals surface area contributed by atoms with Gasteiger partial charge in [-0.2, -0.15) is 0 Å². The fraction of sp³-hybridized carbons (Fsp3) is 0.0909. The number of rotatable bonds is 2. The predicted octanol–water partition coefficient (Wildman–Crippen LogP) is 2.09. The highest BCUT2D eigenvalue weighted by Gasteiger charge is 2.09. The fourth-order valence-corrected chi connectivity index (χ4v) is 2.15. The van der Waals surface area contributed by atoms with Crippen molar-refractivity contribution in [1.82, 2.24) is 25.2 Å². The molecule has 0 amide bonds. The van der Waals surface area contributed by atoms with E-state index in [1.807, 2.05) is 37.3 Å². The lowest BCUT2D eigenvalue weighted by atomic mass is 10.3. The Labute approximate surface area is 102 Å². The molecule has 0 spiro atoms. The van der Waals surface area contributed by atoms with E-state index < -0.39 is 0 Å². The highest BCUT2D eigenvalue weighted by Crippen LogP contribution is 2.21. The molecule has 0 aliphatic heterocycles. The van der Waals surface area contributed by atoms with Gasteiger partial charge in [-0.3, -0.25) is 0 Å². The number of aryl methyl sites for hydroxylation is 1. The van der Waals surface area contributed by atoms with Gasteiger partial charge in [0.2, 0.25) is 5.82 Å². The van der Waals surface area contributed by atoms with Crippen molar-refractivity contribution in [1.29, 1.82) is 0 Å². The minimum absolute atomic E-state index is 0.611. The fourth-order valence-electron chi connectivity index (χ4n) is 1.45. The van der Waals surface area contributed by atoms with Gasteiger partial charge in [0.1, 0.15) is 0 Å². The van der Waals surface area contributed by atoms with Gasteiger partial charge in [0.15, 0.2) is 0 Å². The van der Waals surface area contributed by atoms with Crippen LogP contribution in [-0.2, 0) is 0 Å². The second-order valence-corrected chi connectivity index (χ2v) is 4.72. The summed E-state index contributed by atoms with van der Waals surface area (Å²) in [7, 11) is 0. The number of hydrogen-bond donors (Lipinski definition) is 0. The monoisotopic (exact) mass is 243 g/mol. The SMILES string of the molecule is Cc1ncc(-c2nnn(-c3ccccc3)n2)s1. The van der Waals surface area contributed by atoms with Crippen molar-refractivity contribution in [2.75, 3.05) is 0 Å². The van der Waals surface area contributed by atoms with Crippen LogP contribution >= 0.6 is 11.3 Å². The van der Waals surface area contributed by atoms with E-state index in [9.17, 15) is 0 Å². The van der Waals surface area contributed by atoms with E-state index in [1.54, 1.807) is 17.5 Å². The number of thiazole rings is 1. The Morgan fingerprint density at radius 2 is 2.00 bits per heavy atom. The number of nitrogens with zero attached hydrogens (tertiary/aromatic N) is 5. The molecule has 0 unspecified atom stereocenters. The molecule has 0 aliphatic carbocycles. The predicted molar refractivity (Wildman–Crippen MR) is 65.0 cm³/mol. The number of para-hydroxylation sites is 1. The van der Waals surface area contributed by atoms with Gasteiger partial charge >= 0.3 is 0 Å². The Morgan fingerprint density at radius 3 is 2.71 bits per heavy atom.